The van der Waals surface area contributed by atoms with E-state index in [-0.39, 0.29) is 35.2 Å². The van der Waals surface area contributed by atoms with E-state index in [0.29, 0.717) is 0 Å². The van der Waals surface area contributed by atoms with Crippen LogP contribution >= 0.6 is 0 Å². The highest BCUT2D eigenvalue weighted by Crippen LogP contribution is 2.29. The van der Waals surface area contributed by atoms with E-state index in [9.17, 15) is 19.2 Å². The van der Waals surface area contributed by atoms with Gasteiger partial charge in [-0.1, -0.05) is 30.3 Å². The van der Waals surface area contributed by atoms with Gasteiger partial charge < -0.3 is 10.1 Å². The molecule has 0 fully saturated rings. The van der Waals surface area contributed by atoms with Gasteiger partial charge in [0.25, 0.3) is 17.7 Å². The van der Waals surface area contributed by atoms with E-state index in [1.165, 1.54) is 29.8 Å². The standard InChI is InChI=1S/C24H22N2O5/c1-2-12-26-22(28)18-11-10-16(13-19(18)23(26)29)24(30)31-14-21(27)25-20-9-5-7-15-6-3-4-8-17(15)20/h2-4,6,8,10-11,13,20H,1,5,7,9,12,14H2,(H,25,27)/t20-/m1/s1. The number of carbonyl (C=O) groups excluding carboxylic acids is 4. The zero-order chi connectivity index (χ0) is 22.0. The molecule has 2 aliphatic rings. The van der Waals surface area contributed by atoms with Crippen LogP contribution in [0.5, 0.6) is 0 Å². The summed E-state index contributed by atoms with van der Waals surface area (Å²) in [5.41, 5.74) is 2.80. The van der Waals surface area contributed by atoms with Crippen LogP contribution < -0.4 is 5.32 Å². The summed E-state index contributed by atoms with van der Waals surface area (Å²) in [7, 11) is 0. The number of benzene rings is 2. The highest BCUT2D eigenvalue weighted by Gasteiger charge is 2.35. The predicted molar refractivity (Wildman–Crippen MR) is 113 cm³/mol. The molecule has 2 aromatic carbocycles. The Kier molecular flexibility index (Phi) is 5.66. The average Bonchev–Trinajstić information content (AvgIpc) is 3.02. The van der Waals surface area contributed by atoms with Gasteiger partial charge in [0, 0.05) is 6.54 Å². The number of ether oxygens (including phenoxy) is 1. The number of nitrogens with zero attached hydrogens (tertiary/aromatic N) is 1. The number of esters is 1. The molecule has 158 valence electrons. The number of hydrogen-bond acceptors (Lipinski definition) is 5. The van der Waals surface area contributed by atoms with Crippen molar-refractivity contribution in [3.63, 3.8) is 0 Å². The van der Waals surface area contributed by atoms with Crippen molar-refractivity contribution in [1.82, 2.24) is 10.2 Å². The van der Waals surface area contributed by atoms with Crippen molar-refractivity contribution < 1.29 is 23.9 Å². The number of nitrogens with one attached hydrogen (secondary N) is 1. The number of amides is 3. The number of fused-ring (bicyclic) bond motifs is 2. The van der Waals surface area contributed by atoms with Crippen LogP contribution in [0.2, 0.25) is 0 Å². The van der Waals surface area contributed by atoms with Crippen molar-refractivity contribution in [2.24, 2.45) is 0 Å². The summed E-state index contributed by atoms with van der Waals surface area (Å²) in [4.78, 5) is 50.5. The van der Waals surface area contributed by atoms with E-state index >= 15 is 0 Å². The van der Waals surface area contributed by atoms with Gasteiger partial charge in [-0.25, -0.2) is 4.79 Å². The molecule has 1 N–H and O–H groups in total. The summed E-state index contributed by atoms with van der Waals surface area (Å²) < 4.78 is 5.14. The fourth-order valence-electron chi connectivity index (χ4n) is 4.07. The third kappa shape index (κ3) is 3.99. The van der Waals surface area contributed by atoms with E-state index in [1.54, 1.807) is 0 Å². The predicted octanol–water partition coefficient (Wildman–Crippen LogP) is 2.82. The Morgan fingerprint density at radius 2 is 1.90 bits per heavy atom. The normalized spacial score (nSPS) is 17.0. The third-order valence-corrected chi connectivity index (χ3v) is 5.56. The topological polar surface area (TPSA) is 92.8 Å². The van der Waals surface area contributed by atoms with Crippen molar-refractivity contribution in [2.45, 2.75) is 25.3 Å². The molecule has 1 aliphatic carbocycles. The van der Waals surface area contributed by atoms with Crippen LogP contribution in [0.3, 0.4) is 0 Å². The van der Waals surface area contributed by atoms with Gasteiger partial charge >= 0.3 is 5.97 Å². The summed E-state index contributed by atoms with van der Waals surface area (Å²) in [6.45, 7) is 3.21. The molecule has 0 unspecified atom stereocenters. The van der Waals surface area contributed by atoms with E-state index < -0.39 is 24.4 Å². The summed E-state index contributed by atoms with van der Waals surface area (Å²) in [6, 6.07) is 12.1. The van der Waals surface area contributed by atoms with Crippen LogP contribution in [-0.2, 0) is 16.0 Å². The van der Waals surface area contributed by atoms with Gasteiger partial charge in [-0.2, -0.15) is 0 Å². The molecule has 0 saturated carbocycles. The Hall–Kier alpha value is -3.74. The van der Waals surface area contributed by atoms with Crippen molar-refractivity contribution >= 4 is 23.7 Å². The van der Waals surface area contributed by atoms with Crippen LogP contribution in [0, 0.1) is 0 Å². The Morgan fingerprint density at radius 1 is 1.13 bits per heavy atom. The number of carbonyl (C=O) groups is 4. The molecule has 0 spiro atoms. The lowest BCUT2D eigenvalue weighted by molar-refractivity contribution is -0.125. The van der Waals surface area contributed by atoms with Crippen LogP contribution in [0.15, 0.2) is 55.1 Å². The first-order chi connectivity index (χ1) is 15.0. The van der Waals surface area contributed by atoms with Crippen molar-refractivity contribution in [2.75, 3.05) is 13.2 Å². The monoisotopic (exact) mass is 418 g/mol. The molecule has 7 nitrogen and oxygen atoms in total. The van der Waals surface area contributed by atoms with Crippen LogP contribution in [0.4, 0.5) is 0 Å². The summed E-state index contributed by atoms with van der Waals surface area (Å²) in [5.74, 6) is -2.03. The van der Waals surface area contributed by atoms with Gasteiger partial charge in [-0.05, 0) is 48.6 Å². The molecule has 0 saturated heterocycles. The highest BCUT2D eigenvalue weighted by molar-refractivity contribution is 6.22. The molecule has 7 heteroatoms. The lowest BCUT2D eigenvalue weighted by Crippen LogP contribution is -2.34. The zero-order valence-corrected chi connectivity index (χ0v) is 16.9. The van der Waals surface area contributed by atoms with E-state index in [4.69, 9.17) is 4.74 Å². The maximum atomic E-state index is 12.4. The van der Waals surface area contributed by atoms with Gasteiger partial charge in [0.2, 0.25) is 0 Å². The highest BCUT2D eigenvalue weighted by atomic mass is 16.5. The quantitative estimate of drug-likeness (QED) is 0.442. The number of hydrogen-bond donors (Lipinski definition) is 1. The van der Waals surface area contributed by atoms with Crippen molar-refractivity contribution in [3.8, 4) is 0 Å². The van der Waals surface area contributed by atoms with Crippen LogP contribution in [-0.4, -0.2) is 41.7 Å². The minimum Gasteiger partial charge on any atom is -0.452 e. The molecule has 0 aromatic heterocycles. The lowest BCUT2D eigenvalue weighted by atomic mass is 9.88. The third-order valence-electron chi connectivity index (χ3n) is 5.56. The van der Waals surface area contributed by atoms with Gasteiger partial charge in [-0.3, -0.25) is 19.3 Å². The first-order valence-corrected chi connectivity index (χ1v) is 10.1. The lowest BCUT2D eigenvalue weighted by Gasteiger charge is -2.26. The first kappa shape index (κ1) is 20.5. The van der Waals surface area contributed by atoms with E-state index in [2.05, 4.69) is 18.0 Å². The molecule has 1 atom stereocenters. The molecule has 31 heavy (non-hydrogen) atoms. The molecule has 4 rings (SSSR count). The smallest absolute Gasteiger partial charge is 0.338 e. The second-order valence-corrected chi connectivity index (χ2v) is 7.56. The maximum absolute atomic E-state index is 12.4. The first-order valence-electron chi connectivity index (χ1n) is 10.1. The Balaban J connectivity index is 1.38. The number of imide groups is 1. The van der Waals surface area contributed by atoms with E-state index in [0.717, 1.165) is 29.7 Å². The van der Waals surface area contributed by atoms with Crippen molar-refractivity contribution in [1.29, 1.82) is 0 Å². The molecular weight excluding hydrogens is 396 g/mol. The zero-order valence-electron chi connectivity index (χ0n) is 16.9. The molecule has 1 aliphatic heterocycles. The molecule has 3 amide bonds. The largest absolute Gasteiger partial charge is 0.452 e. The Morgan fingerprint density at radius 3 is 2.71 bits per heavy atom. The SMILES string of the molecule is C=CCN1C(=O)c2ccc(C(=O)OCC(=O)N[C@@H]3CCCc4ccccc43)cc2C1=O. The second kappa shape index (κ2) is 8.55. The number of aryl methyl sites for hydroxylation is 1. The number of rotatable bonds is 6. The summed E-state index contributed by atoms with van der Waals surface area (Å²) in [6.07, 6.45) is 4.26. The Bertz CT molecular complexity index is 1090. The minimum absolute atomic E-state index is 0.0938. The fourth-order valence-corrected chi connectivity index (χ4v) is 4.07. The molecule has 2 aromatic rings. The molecule has 1 heterocycles. The van der Waals surface area contributed by atoms with Gasteiger partial charge in [0.05, 0.1) is 22.7 Å². The van der Waals surface area contributed by atoms with Crippen molar-refractivity contribution in [3.05, 3.63) is 82.9 Å². The summed E-state index contributed by atoms with van der Waals surface area (Å²) in [5, 5.41) is 2.93. The van der Waals surface area contributed by atoms with Crippen LogP contribution in [0.1, 0.15) is 61.1 Å². The molecule has 0 bridgehead atoms. The van der Waals surface area contributed by atoms with Gasteiger partial charge in [0.1, 0.15) is 0 Å². The molecular formula is C24H22N2O5. The fraction of sp³-hybridized carbons (Fsp3) is 0.250. The van der Waals surface area contributed by atoms with Gasteiger partial charge in [0.15, 0.2) is 6.61 Å². The van der Waals surface area contributed by atoms with Crippen LogP contribution in [0.25, 0.3) is 0 Å². The maximum Gasteiger partial charge on any atom is 0.338 e. The van der Waals surface area contributed by atoms with Gasteiger partial charge in [-0.15, -0.1) is 6.58 Å². The van der Waals surface area contributed by atoms with E-state index in [1.807, 2.05) is 18.2 Å². The Labute approximate surface area is 179 Å². The average molecular weight is 418 g/mol. The second-order valence-electron chi connectivity index (χ2n) is 7.56. The molecule has 0 radical (unpaired) electrons. The minimum atomic E-state index is -0.732. The summed E-state index contributed by atoms with van der Waals surface area (Å²) >= 11 is 0.